The number of amides is 1. The minimum atomic E-state index is -0.117. The van der Waals surface area contributed by atoms with Crippen molar-refractivity contribution >= 4 is 11.6 Å². The standard InChI is InChI=1S/C7H10N2O2/c1-5(11)9-6-2-7(4-10)8-3-6/h2-3,8,10H,4H2,1H3,(H,9,11). The Kier molecular flexibility index (Phi) is 2.28. The summed E-state index contributed by atoms with van der Waals surface area (Å²) in [5.74, 6) is -0.117. The lowest BCUT2D eigenvalue weighted by Gasteiger charge is -1.93. The van der Waals surface area contributed by atoms with Crippen molar-refractivity contribution in [3.05, 3.63) is 18.0 Å². The van der Waals surface area contributed by atoms with E-state index in [1.807, 2.05) is 0 Å². The number of aromatic amines is 1. The first-order valence-electron chi connectivity index (χ1n) is 3.28. The van der Waals surface area contributed by atoms with E-state index in [2.05, 4.69) is 10.3 Å². The largest absolute Gasteiger partial charge is 0.390 e. The normalized spacial score (nSPS) is 9.64. The van der Waals surface area contributed by atoms with E-state index in [1.54, 1.807) is 12.3 Å². The van der Waals surface area contributed by atoms with E-state index in [-0.39, 0.29) is 12.5 Å². The van der Waals surface area contributed by atoms with Gasteiger partial charge in [-0.05, 0) is 6.07 Å². The first-order valence-corrected chi connectivity index (χ1v) is 3.28. The summed E-state index contributed by atoms with van der Waals surface area (Å²) in [4.78, 5) is 13.3. The molecule has 1 rings (SSSR count). The molecule has 0 spiro atoms. The summed E-state index contributed by atoms with van der Waals surface area (Å²) in [6.07, 6.45) is 1.63. The number of rotatable bonds is 2. The van der Waals surface area contributed by atoms with Crippen molar-refractivity contribution in [2.45, 2.75) is 13.5 Å². The minimum absolute atomic E-state index is 0.0421. The second-order valence-electron chi connectivity index (χ2n) is 2.25. The molecule has 0 aromatic carbocycles. The molecule has 4 nitrogen and oxygen atoms in total. The van der Waals surface area contributed by atoms with Crippen molar-refractivity contribution in [1.29, 1.82) is 0 Å². The van der Waals surface area contributed by atoms with E-state index in [0.717, 1.165) is 0 Å². The zero-order valence-corrected chi connectivity index (χ0v) is 6.22. The highest BCUT2D eigenvalue weighted by molar-refractivity contribution is 5.88. The lowest BCUT2D eigenvalue weighted by molar-refractivity contribution is -0.114. The third kappa shape index (κ3) is 2.09. The number of aliphatic hydroxyl groups is 1. The number of H-pyrrole nitrogens is 1. The Balaban J connectivity index is 2.65. The van der Waals surface area contributed by atoms with Gasteiger partial charge in [-0.2, -0.15) is 0 Å². The number of anilines is 1. The van der Waals surface area contributed by atoms with Crippen LogP contribution in [0.15, 0.2) is 12.3 Å². The Morgan fingerprint density at radius 2 is 2.55 bits per heavy atom. The van der Waals surface area contributed by atoms with Gasteiger partial charge in [0.25, 0.3) is 0 Å². The maximum Gasteiger partial charge on any atom is 0.221 e. The van der Waals surface area contributed by atoms with Gasteiger partial charge in [0.15, 0.2) is 0 Å². The number of nitrogens with one attached hydrogen (secondary N) is 2. The fraction of sp³-hybridized carbons (Fsp3) is 0.286. The molecule has 1 heterocycles. The van der Waals surface area contributed by atoms with Gasteiger partial charge in [0, 0.05) is 18.8 Å². The molecular formula is C7H10N2O2. The molecule has 0 aliphatic rings. The fourth-order valence-corrected chi connectivity index (χ4v) is 0.808. The fourth-order valence-electron chi connectivity index (χ4n) is 0.808. The quantitative estimate of drug-likeness (QED) is 0.579. The van der Waals surface area contributed by atoms with Crippen LogP contribution in [0.3, 0.4) is 0 Å². The predicted octanol–water partition coefficient (Wildman–Crippen LogP) is 0.465. The molecule has 0 fully saturated rings. The molecule has 60 valence electrons. The third-order valence-electron chi connectivity index (χ3n) is 1.23. The summed E-state index contributed by atoms with van der Waals surface area (Å²) in [5.41, 5.74) is 1.37. The van der Waals surface area contributed by atoms with Crippen LogP contribution in [-0.4, -0.2) is 16.0 Å². The molecule has 0 atom stereocenters. The van der Waals surface area contributed by atoms with Crippen LogP contribution >= 0.6 is 0 Å². The van der Waals surface area contributed by atoms with Crippen molar-refractivity contribution in [3.63, 3.8) is 0 Å². The molecule has 0 aliphatic heterocycles. The van der Waals surface area contributed by atoms with Gasteiger partial charge in [-0.15, -0.1) is 0 Å². The van der Waals surface area contributed by atoms with Crippen molar-refractivity contribution in [2.75, 3.05) is 5.32 Å². The maximum absolute atomic E-state index is 10.5. The lowest BCUT2D eigenvalue weighted by Crippen LogP contribution is -2.04. The number of carbonyl (C=O) groups is 1. The number of aliphatic hydroxyl groups excluding tert-OH is 1. The second kappa shape index (κ2) is 3.21. The SMILES string of the molecule is CC(=O)Nc1c[nH]c(CO)c1. The molecular weight excluding hydrogens is 144 g/mol. The summed E-state index contributed by atoms with van der Waals surface area (Å²) in [7, 11) is 0. The van der Waals surface area contributed by atoms with Gasteiger partial charge in [0.1, 0.15) is 0 Å². The second-order valence-corrected chi connectivity index (χ2v) is 2.25. The summed E-state index contributed by atoms with van der Waals surface area (Å²) in [5, 5.41) is 11.2. The molecule has 1 aromatic heterocycles. The van der Waals surface area contributed by atoms with Gasteiger partial charge < -0.3 is 15.4 Å². The monoisotopic (exact) mass is 154 g/mol. The Labute approximate surface area is 64.2 Å². The molecule has 4 heteroatoms. The van der Waals surface area contributed by atoms with E-state index < -0.39 is 0 Å². The third-order valence-corrected chi connectivity index (χ3v) is 1.23. The predicted molar refractivity (Wildman–Crippen MR) is 41.0 cm³/mol. The molecule has 1 aromatic rings. The van der Waals surface area contributed by atoms with E-state index >= 15 is 0 Å². The van der Waals surface area contributed by atoms with E-state index in [1.165, 1.54) is 6.92 Å². The summed E-state index contributed by atoms with van der Waals surface area (Å²) >= 11 is 0. The molecule has 0 radical (unpaired) electrons. The zero-order chi connectivity index (χ0) is 8.27. The van der Waals surface area contributed by atoms with Crippen LogP contribution in [0.2, 0.25) is 0 Å². The van der Waals surface area contributed by atoms with Gasteiger partial charge >= 0.3 is 0 Å². The Morgan fingerprint density at radius 3 is 3.00 bits per heavy atom. The molecule has 0 saturated carbocycles. The van der Waals surface area contributed by atoms with Gasteiger partial charge in [0.05, 0.1) is 12.3 Å². The van der Waals surface area contributed by atoms with Crippen LogP contribution < -0.4 is 5.32 Å². The number of aromatic nitrogens is 1. The summed E-state index contributed by atoms with van der Waals surface area (Å²) < 4.78 is 0. The van der Waals surface area contributed by atoms with E-state index in [9.17, 15) is 4.79 Å². The molecule has 1 amide bonds. The van der Waals surface area contributed by atoms with Crippen molar-refractivity contribution in [2.24, 2.45) is 0 Å². The summed E-state index contributed by atoms with van der Waals surface area (Å²) in [6, 6.07) is 1.68. The van der Waals surface area contributed by atoms with Crippen LogP contribution in [0.25, 0.3) is 0 Å². The molecule has 11 heavy (non-hydrogen) atoms. The molecule has 0 saturated heterocycles. The van der Waals surface area contributed by atoms with Gasteiger partial charge in [0.2, 0.25) is 5.91 Å². The van der Waals surface area contributed by atoms with Crippen LogP contribution in [0.5, 0.6) is 0 Å². The highest BCUT2D eigenvalue weighted by Crippen LogP contribution is 2.08. The van der Waals surface area contributed by atoms with Crippen LogP contribution in [-0.2, 0) is 11.4 Å². The van der Waals surface area contributed by atoms with Crippen molar-refractivity contribution < 1.29 is 9.90 Å². The number of carbonyl (C=O) groups excluding carboxylic acids is 1. The Morgan fingerprint density at radius 1 is 1.82 bits per heavy atom. The van der Waals surface area contributed by atoms with Gasteiger partial charge in [-0.1, -0.05) is 0 Å². The molecule has 0 aliphatic carbocycles. The van der Waals surface area contributed by atoms with Gasteiger partial charge in [-0.3, -0.25) is 4.79 Å². The van der Waals surface area contributed by atoms with E-state index in [0.29, 0.717) is 11.4 Å². The number of hydrogen-bond acceptors (Lipinski definition) is 2. The van der Waals surface area contributed by atoms with Crippen molar-refractivity contribution in [3.8, 4) is 0 Å². The average molecular weight is 154 g/mol. The molecule has 0 bridgehead atoms. The first kappa shape index (κ1) is 7.81. The molecule has 3 N–H and O–H groups in total. The van der Waals surface area contributed by atoms with E-state index in [4.69, 9.17) is 5.11 Å². The smallest absolute Gasteiger partial charge is 0.221 e. The first-order chi connectivity index (χ1) is 5.22. The topological polar surface area (TPSA) is 65.1 Å². The molecule has 0 unspecified atom stereocenters. The maximum atomic E-state index is 10.5. The van der Waals surface area contributed by atoms with Crippen LogP contribution in [0.4, 0.5) is 5.69 Å². The van der Waals surface area contributed by atoms with Crippen LogP contribution in [0.1, 0.15) is 12.6 Å². The zero-order valence-electron chi connectivity index (χ0n) is 6.22. The number of hydrogen-bond donors (Lipinski definition) is 3. The summed E-state index contributed by atoms with van der Waals surface area (Å²) in [6.45, 7) is 1.39. The van der Waals surface area contributed by atoms with Gasteiger partial charge in [-0.25, -0.2) is 0 Å². The van der Waals surface area contributed by atoms with Crippen LogP contribution in [0, 0.1) is 0 Å². The highest BCUT2D eigenvalue weighted by atomic mass is 16.3. The Bertz CT molecular complexity index is 255. The highest BCUT2D eigenvalue weighted by Gasteiger charge is 1.97. The average Bonchev–Trinajstić information content (AvgIpc) is 2.34. The lowest BCUT2D eigenvalue weighted by atomic mass is 10.4. The Hall–Kier alpha value is -1.29. The van der Waals surface area contributed by atoms with Crippen molar-refractivity contribution in [1.82, 2.24) is 4.98 Å². The minimum Gasteiger partial charge on any atom is -0.390 e.